The second-order valence-corrected chi connectivity index (χ2v) is 8.44. The Kier molecular flexibility index (Phi) is 4.97. The fourth-order valence-corrected chi connectivity index (χ4v) is 4.69. The van der Waals surface area contributed by atoms with Gasteiger partial charge < -0.3 is 5.32 Å². The number of anilines is 1. The molecule has 150 valence electrons. The zero-order valence-electron chi connectivity index (χ0n) is 16.1. The fourth-order valence-electron chi connectivity index (χ4n) is 4.37. The van der Waals surface area contributed by atoms with Gasteiger partial charge in [0, 0.05) is 27.2 Å². The maximum absolute atomic E-state index is 13.3. The molecule has 0 fully saturated rings. The Labute approximate surface area is 185 Å². The van der Waals surface area contributed by atoms with Crippen molar-refractivity contribution in [1.82, 2.24) is 5.01 Å². The molecule has 0 saturated carbocycles. The molecule has 1 N–H and O–H groups in total. The third-order valence-electron chi connectivity index (χ3n) is 5.72. The number of nitrogens with zero attached hydrogens (tertiary/aromatic N) is 2. The van der Waals surface area contributed by atoms with Crippen molar-refractivity contribution in [1.29, 1.82) is 0 Å². The van der Waals surface area contributed by atoms with E-state index < -0.39 is 0 Å². The molecule has 2 amide bonds. The zero-order valence-corrected chi connectivity index (χ0v) is 17.6. The van der Waals surface area contributed by atoms with Crippen LogP contribution < -0.4 is 5.32 Å². The van der Waals surface area contributed by atoms with Gasteiger partial charge in [-0.05, 0) is 54.3 Å². The van der Waals surface area contributed by atoms with Gasteiger partial charge >= 0.3 is 6.03 Å². The molecule has 30 heavy (non-hydrogen) atoms. The highest BCUT2D eigenvalue weighted by atomic mass is 35.5. The van der Waals surface area contributed by atoms with E-state index >= 15 is 0 Å². The van der Waals surface area contributed by atoms with Crippen molar-refractivity contribution in [3.05, 3.63) is 99.5 Å². The van der Waals surface area contributed by atoms with Crippen LogP contribution in [0.1, 0.15) is 29.2 Å². The van der Waals surface area contributed by atoms with Crippen molar-refractivity contribution in [2.24, 2.45) is 11.0 Å². The summed E-state index contributed by atoms with van der Waals surface area (Å²) in [7, 11) is 0. The fraction of sp³-hybridized carbons (Fsp3) is 0.167. The number of amides is 2. The van der Waals surface area contributed by atoms with Crippen molar-refractivity contribution in [3.63, 3.8) is 0 Å². The summed E-state index contributed by atoms with van der Waals surface area (Å²) < 4.78 is 0. The molecule has 3 aromatic rings. The molecule has 2 aliphatic rings. The second-order valence-electron chi connectivity index (χ2n) is 7.57. The number of fused-ring (bicyclic) bond motifs is 3. The second kappa shape index (κ2) is 7.78. The number of rotatable bonds is 2. The van der Waals surface area contributed by atoms with Crippen LogP contribution in [0.2, 0.25) is 10.0 Å². The van der Waals surface area contributed by atoms with Gasteiger partial charge in [0.1, 0.15) is 0 Å². The number of hydrogen-bond donors (Lipinski definition) is 1. The number of carbonyl (C=O) groups is 1. The Morgan fingerprint density at radius 1 is 0.967 bits per heavy atom. The first-order valence-corrected chi connectivity index (χ1v) is 10.6. The number of aryl methyl sites for hydroxylation is 1. The molecule has 0 unspecified atom stereocenters. The molecule has 1 aliphatic heterocycles. The van der Waals surface area contributed by atoms with E-state index in [2.05, 4.69) is 23.5 Å². The maximum atomic E-state index is 13.3. The summed E-state index contributed by atoms with van der Waals surface area (Å²) in [4.78, 5) is 13.3. The lowest BCUT2D eigenvalue weighted by atomic mass is 9.77. The Balaban J connectivity index is 1.54. The molecule has 0 aromatic heterocycles. The lowest BCUT2D eigenvalue weighted by Gasteiger charge is -2.29. The molecule has 1 aliphatic carbocycles. The van der Waals surface area contributed by atoms with Crippen LogP contribution in [0.3, 0.4) is 0 Å². The van der Waals surface area contributed by atoms with Gasteiger partial charge in [-0.25, -0.2) is 9.80 Å². The summed E-state index contributed by atoms with van der Waals surface area (Å²) in [6.45, 7) is 0. The van der Waals surface area contributed by atoms with E-state index in [1.54, 1.807) is 23.2 Å². The van der Waals surface area contributed by atoms with Crippen LogP contribution in [0.15, 0.2) is 77.9 Å². The van der Waals surface area contributed by atoms with Crippen LogP contribution in [-0.2, 0) is 6.42 Å². The summed E-state index contributed by atoms with van der Waals surface area (Å²) >= 11 is 12.2. The first-order chi connectivity index (χ1) is 14.6. The van der Waals surface area contributed by atoms with Crippen LogP contribution in [0.25, 0.3) is 0 Å². The normalized spacial score (nSPS) is 19.7. The monoisotopic (exact) mass is 435 g/mol. The quantitative estimate of drug-likeness (QED) is 0.487. The van der Waals surface area contributed by atoms with E-state index in [9.17, 15) is 4.79 Å². The van der Waals surface area contributed by atoms with Crippen molar-refractivity contribution in [2.45, 2.75) is 18.9 Å². The van der Waals surface area contributed by atoms with Crippen LogP contribution >= 0.6 is 23.2 Å². The molecule has 0 bridgehead atoms. The van der Waals surface area contributed by atoms with E-state index in [0.29, 0.717) is 15.7 Å². The van der Waals surface area contributed by atoms with Gasteiger partial charge in [0.25, 0.3) is 0 Å². The number of benzene rings is 3. The van der Waals surface area contributed by atoms with Crippen LogP contribution in [-0.4, -0.2) is 16.8 Å². The van der Waals surface area contributed by atoms with Crippen molar-refractivity contribution >= 4 is 40.6 Å². The van der Waals surface area contributed by atoms with E-state index in [-0.39, 0.29) is 18.0 Å². The van der Waals surface area contributed by atoms with Gasteiger partial charge in [-0.3, -0.25) is 0 Å². The number of urea groups is 1. The number of nitrogens with one attached hydrogen (secondary N) is 1. The molecule has 4 nitrogen and oxygen atoms in total. The Morgan fingerprint density at radius 2 is 1.77 bits per heavy atom. The van der Waals surface area contributed by atoms with Crippen molar-refractivity contribution in [2.75, 3.05) is 5.32 Å². The summed E-state index contributed by atoms with van der Waals surface area (Å²) in [5.74, 6) is 0.131. The average Bonchev–Trinajstić information content (AvgIpc) is 3.15. The van der Waals surface area contributed by atoms with E-state index in [4.69, 9.17) is 28.3 Å². The van der Waals surface area contributed by atoms with E-state index in [1.165, 1.54) is 5.56 Å². The van der Waals surface area contributed by atoms with Gasteiger partial charge in [-0.2, -0.15) is 5.10 Å². The summed E-state index contributed by atoms with van der Waals surface area (Å²) in [6.07, 6.45) is 1.90. The van der Waals surface area contributed by atoms with Gasteiger partial charge in [-0.1, -0.05) is 65.7 Å². The molecule has 2 atom stereocenters. The molecule has 0 spiro atoms. The standard InChI is InChI=1S/C24H19Cl2N3O/c25-17-11-8-16(9-12-17)23-21-13-10-15-4-1-2-7-20(15)22(21)28-29(23)24(30)27-19-6-3-5-18(26)14-19/h1-9,11-12,14,21,23H,10,13H2,(H,27,30)/t21-,23+/m0/s1. The van der Waals surface area contributed by atoms with Crippen molar-refractivity contribution in [3.8, 4) is 0 Å². The minimum absolute atomic E-state index is 0.131. The number of hydrazone groups is 1. The predicted octanol–water partition coefficient (Wildman–Crippen LogP) is 6.55. The molecule has 0 radical (unpaired) electrons. The molecule has 6 heteroatoms. The largest absolute Gasteiger partial charge is 0.342 e. The minimum atomic E-state index is -0.281. The Morgan fingerprint density at radius 3 is 2.57 bits per heavy atom. The third-order valence-corrected chi connectivity index (χ3v) is 6.21. The molecular weight excluding hydrogens is 417 g/mol. The first kappa shape index (κ1) is 19.2. The molecule has 3 aromatic carbocycles. The molecule has 0 saturated heterocycles. The van der Waals surface area contributed by atoms with Crippen LogP contribution in [0.5, 0.6) is 0 Å². The Hall–Kier alpha value is -2.82. The predicted molar refractivity (Wildman–Crippen MR) is 121 cm³/mol. The van der Waals surface area contributed by atoms with Crippen LogP contribution in [0.4, 0.5) is 10.5 Å². The maximum Gasteiger partial charge on any atom is 0.342 e. The lowest BCUT2D eigenvalue weighted by Crippen LogP contribution is -2.34. The topological polar surface area (TPSA) is 44.7 Å². The smallest absolute Gasteiger partial charge is 0.306 e. The highest BCUT2D eigenvalue weighted by Crippen LogP contribution is 2.43. The number of carbonyl (C=O) groups excluding carboxylic acids is 1. The summed E-state index contributed by atoms with van der Waals surface area (Å²) in [5, 5.41) is 10.6. The van der Waals surface area contributed by atoms with Gasteiger partial charge in [-0.15, -0.1) is 0 Å². The molecule has 5 rings (SSSR count). The van der Waals surface area contributed by atoms with E-state index in [0.717, 1.165) is 29.7 Å². The summed E-state index contributed by atoms with van der Waals surface area (Å²) in [6, 6.07) is 22.6. The molecular formula is C24H19Cl2N3O. The van der Waals surface area contributed by atoms with Gasteiger partial charge in [0.15, 0.2) is 0 Å². The Bertz CT molecular complexity index is 1140. The number of halogens is 2. The third kappa shape index (κ3) is 3.47. The highest BCUT2D eigenvalue weighted by Gasteiger charge is 2.43. The number of hydrogen-bond acceptors (Lipinski definition) is 2. The lowest BCUT2D eigenvalue weighted by molar-refractivity contribution is 0.188. The van der Waals surface area contributed by atoms with E-state index in [1.807, 2.05) is 36.4 Å². The van der Waals surface area contributed by atoms with Gasteiger partial charge in [0.2, 0.25) is 0 Å². The first-order valence-electron chi connectivity index (χ1n) is 9.88. The van der Waals surface area contributed by atoms with Gasteiger partial charge in [0.05, 0.1) is 11.8 Å². The minimum Gasteiger partial charge on any atom is -0.306 e. The highest BCUT2D eigenvalue weighted by molar-refractivity contribution is 6.31. The van der Waals surface area contributed by atoms with Crippen LogP contribution in [0, 0.1) is 5.92 Å². The zero-order chi connectivity index (χ0) is 20.7. The average molecular weight is 436 g/mol. The molecule has 1 heterocycles. The summed E-state index contributed by atoms with van der Waals surface area (Å²) in [5.41, 5.74) is 5.03. The van der Waals surface area contributed by atoms with Crippen molar-refractivity contribution < 1.29 is 4.79 Å². The SMILES string of the molecule is O=C(Nc1cccc(Cl)c1)N1N=C2c3ccccc3CC[C@@H]2[C@H]1c1ccc(Cl)cc1.